The highest BCUT2D eigenvalue weighted by molar-refractivity contribution is 5.94. The maximum atomic E-state index is 11.8. The first kappa shape index (κ1) is 12.9. The van der Waals surface area contributed by atoms with Gasteiger partial charge in [0.25, 0.3) is 0 Å². The number of aryl methyl sites for hydroxylation is 1. The van der Waals surface area contributed by atoms with Gasteiger partial charge >= 0.3 is 0 Å². The third-order valence-corrected chi connectivity index (χ3v) is 3.11. The van der Waals surface area contributed by atoms with Crippen molar-refractivity contribution in [1.82, 2.24) is 0 Å². The minimum Gasteiger partial charge on any atom is -0.493 e. The van der Waals surface area contributed by atoms with E-state index in [9.17, 15) is 4.79 Å². The summed E-state index contributed by atoms with van der Waals surface area (Å²) in [7, 11) is 0. The molecule has 0 aromatic heterocycles. The van der Waals surface area contributed by atoms with Gasteiger partial charge in [0.2, 0.25) is 5.91 Å². The number of anilines is 1. The number of benzene rings is 1. The Labute approximate surface area is 108 Å². The van der Waals surface area contributed by atoms with Crippen LogP contribution in [-0.4, -0.2) is 18.6 Å². The molecule has 1 aliphatic heterocycles. The molecule has 0 spiro atoms. The van der Waals surface area contributed by atoms with Gasteiger partial charge in [-0.05, 0) is 43.0 Å². The molecule has 98 valence electrons. The number of hydrogen-bond donors (Lipinski definition) is 2. The van der Waals surface area contributed by atoms with E-state index in [1.165, 1.54) is 0 Å². The van der Waals surface area contributed by atoms with Gasteiger partial charge < -0.3 is 15.8 Å². The van der Waals surface area contributed by atoms with E-state index in [0.29, 0.717) is 6.42 Å². The second-order valence-electron chi connectivity index (χ2n) is 4.66. The zero-order chi connectivity index (χ0) is 13.0. The highest BCUT2D eigenvalue weighted by atomic mass is 16.5. The van der Waals surface area contributed by atoms with E-state index in [0.717, 1.165) is 42.9 Å². The number of carbonyl (C=O) groups is 1. The van der Waals surface area contributed by atoms with Crippen LogP contribution < -0.4 is 15.8 Å². The van der Waals surface area contributed by atoms with Crippen LogP contribution in [-0.2, 0) is 11.2 Å². The Morgan fingerprint density at radius 2 is 2.39 bits per heavy atom. The van der Waals surface area contributed by atoms with Crippen molar-refractivity contribution in [3.8, 4) is 5.75 Å². The molecular weight excluding hydrogens is 228 g/mol. The highest BCUT2D eigenvalue weighted by Gasteiger charge is 2.14. The summed E-state index contributed by atoms with van der Waals surface area (Å²) in [6, 6.07) is 5.32. The number of carbonyl (C=O) groups excluding carboxylic acids is 1. The standard InChI is InChI=1S/C14H20N2O2/c1-2-4-12(15)14(17)16-11-6-7-13-10(9-11)5-3-8-18-13/h6-7,9,12H,2-5,8,15H2,1H3,(H,16,17). The average molecular weight is 248 g/mol. The van der Waals surface area contributed by atoms with Crippen LogP contribution in [0.15, 0.2) is 18.2 Å². The molecule has 1 aliphatic rings. The molecule has 18 heavy (non-hydrogen) atoms. The lowest BCUT2D eigenvalue weighted by atomic mass is 10.1. The van der Waals surface area contributed by atoms with Gasteiger partial charge in [0.05, 0.1) is 12.6 Å². The number of rotatable bonds is 4. The van der Waals surface area contributed by atoms with Crippen molar-refractivity contribution < 1.29 is 9.53 Å². The van der Waals surface area contributed by atoms with Crippen molar-refractivity contribution >= 4 is 11.6 Å². The first-order valence-electron chi connectivity index (χ1n) is 6.53. The van der Waals surface area contributed by atoms with Crippen LogP contribution in [0.25, 0.3) is 0 Å². The molecule has 0 aliphatic carbocycles. The predicted molar refractivity (Wildman–Crippen MR) is 71.8 cm³/mol. The predicted octanol–water partition coefficient (Wildman–Crippen LogP) is 2.08. The minimum atomic E-state index is -0.428. The number of fused-ring (bicyclic) bond motifs is 1. The van der Waals surface area contributed by atoms with Gasteiger partial charge in [0.15, 0.2) is 0 Å². The summed E-state index contributed by atoms with van der Waals surface area (Å²) in [6.45, 7) is 2.80. The Morgan fingerprint density at radius 1 is 1.56 bits per heavy atom. The Kier molecular flexibility index (Phi) is 4.20. The quantitative estimate of drug-likeness (QED) is 0.857. The maximum absolute atomic E-state index is 11.8. The molecule has 0 saturated carbocycles. The number of hydrogen-bond acceptors (Lipinski definition) is 3. The van der Waals surface area contributed by atoms with Gasteiger partial charge in [-0.3, -0.25) is 4.79 Å². The number of amides is 1. The lowest BCUT2D eigenvalue weighted by Gasteiger charge is -2.18. The molecule has 2 rings (SSSR count). The molecule has 1 amide bonds. The fraction of sp³-hybridized carbons (Fsp3) is 0.500. The topological polar surface area (TPSA) is 64.4 Å². The van der Waals surface area contributed by atoms with Gasteiger partial charge in [-0.15, -0.1) is 0 Å². The van der Waals surface area contributed by atoms with E-state index in [-0.39, 0.29) is 5.91 Å². The third kappa shape index (κ3) is 3.01. The molecule has 1 unspecified atom stereocenters. The zero-order valence-electron chi connectivity index (χ0n) is 10.7. The van der Waals surface area contributed by atoms with Crippen molar-refractivity contribution in [3.63, 3.8) is 0 Å². The van der Waals surface area contributed by atoms with E-state index in [1.54, 1.807) is 0 Å². The molecule has 0 radical (unpaired) electrons. The Hall–Kier alpha value is -1.55. The Bertz CT molecular complexity index is 432. The molecular formula is C14H20N2O2. The lowest BCUT2D eigenvalue weighted by Crippen LogP contribution is -2.35. The molecule has 0 fully saturated rings. The number of nitrogens with two attached hydrogens (primary N) is 1. The van der Waals surface area contributed by atoms with E-state index in [2.05, 4.69) is 5.32 Å². The first-order chi connectivity index (χ1) is 8.70. The van der Waals surface area contributed by atoms with E-state index in [1.807, 2.05) is 25.1 Å². The van der Waals surface area contributed by atoms with Crippen LogP contribution in [0.1, 0.15) is 31.7 Å². The van der Waals surface area contributed by atoms with Crippen molar-refractivity contribution in [2.75, 3.05) is 11.9 Å². The smallest absolute Gasteiger partial charge is 0.241 e. The monoisotopic (exact) mass is 248 g/mol. The first-order valence-corrected chi connectivity index (χ1v) is 6.53. The second kappa shape index (κ2) is 5.87. The van der Waals surface area contributed by atoms with Crippen LogP contribution in [0.5, 0.6) is 5.75 Å². The molecule has 4 heteroatoms. The SMILES string of the molecule is CCCC(N)C(=O)Nc1ccc2c(c1)CCCO2. The Morgan fingerprint density at radius 3 is 3.17 bits per heavy atom. The normalized spacial score (nSPS) is 15.4. The van der Waals surface area contributed by atoms with Crippen LogP contribution in [0, 0.1) is 0 Å². The summed E-state index contributed by atoms with van der Waals surface area (Å²) in [5, 5.41) is 2.86. The Balaban J connectivity index is 2.03. The van der Waals surface area contributed by atoms with Crippen LogP contribution in [0.4, 0.5) is 5.69 Å². The van der Waals surface area contributed by atoms with Crippen LogP contribution in [0.3, 0.4) is 0 Å². The molecule has 1 atom stereocenters. The molecule has 4 nitrogen and oxygen atoms in total. The maximum Gasteiger partial charge on any atom is 0.241 e. The molecule has 1 heterocycles. The van der Waals surface area contributed by atoms with Crippen molar-refractivity contribution in [2.45, 2.75) is 38.6 Å². The summed E-state index contributed by atoms with van der Waals surface area (Å²) in [6.07, 6.45) is 3.65. The number of ether oxygens (including phenoxy) is 1. The molecule has 1 aromatic rings. The summed E-state index contributed by atoms with van der Waals surface area (Å²) in [5.41, 5.74) is 7.73. The van der Waals surface area contributed by atoms with E-state index in [4.69, 9.17) is 10.5 Å². The fourth-order valence-electron chi connectivity index (χ4n) is 2.12. The van der Waals surface area contributed by atoms with E-state index >= 15 is 0 Å². The summed E-state index contributed by atoms with van der Waals surface area (Å²) >= 11 is 0. The van der Waals surface area contributed by atoms with Gasteiger partial charge in [-0.1, -0.05) is 13.3 Å². The summed E-state index contributed by atoms with van der Waals surface area (Å²) < 4.78 is 5.53. The lowest BCUT2D eigenvalue weighted by molar-refractivity contribution is -0.117. The van der Waals surface area contributed by atoms with Gasteiger partial charge in [0.1, 0.15) is 5.75 Å². The van der Waals surface area contributed by atoms with Gasteiger partial charge in [0, 0.05) is 5.69 Å². The van der Waals surface area contributed by atoms with Gasteiger partial charge in [-0.2, -0.15) is 0 Å². The highest BCUT2D eigenvalue weighted by Crippen LogP contribution is 2.27. The fourth-order valence-corrected chi connectivity index (χ4v) is 2.12. The molecule has 3 N–H and O–H groups in total. The summed E-state index contributed by atoms with van der Waals surface area (Å²) in [4.78, 5) is 11.8. The van der Waals surface area contributed by atoms with Crippen LogP contribution >= 0.6 is 0 Å². The largest absolute Gasteiger partial charge is 0.493 e. The average Bonchev–Trinajstić information content (AvgIpc) is 2.39. The summed E-state index contributed by atoms with van der Waals surface area (Å²) in [5.74, 6) is 0.811. The van der Waals surface area contributed by atoms with Crippen molar-refractivity contribution in [3.05, 3.63) is 23.8 Å². The van der Waals surface area contributed by atoms with Crippen molar-refractivity contribution in [1.29, 1.82) is 0 Å². The zero-order valence-corrected chi connectivity index (χ0v) is 10.7. The number of nitrogens with one attached hydrogen (secondary N) is 1. The minimum absolute atomic E-state index is 0.117. The second-order valence-corrected chi connectivity index (χ2v) is 4.66. The molecule has 1 aromatic carbocycles. The molecule has 0 bridgehead atoms. The van der Waals surface area contributed by atoms with Gasteiger partial charge in [-0.25, -0.2) is 0 Å². The van der Waals surface area contributed by atoms with Crippen LogP contribution in [0.2, 0.25) is 0 Å². The van der Waals surface area contributed by atoms with Crippen molar-refractivity contribution in [2.24, 2.45) is 5.73 Å². The molecule has 0 saturated heterocycles. The van der Waals surface area contributed by atoms with E-state index < -0.39 is 6.04 Å². The third-order valence-electron chi connectivity index (χ3n) is 3.11.